The van der Waals surface area contributed by atoms with Crippen molar-refractivity contribution in [2.75, 3.05) is 5.32 Å². The van der Waals surface area contributed by atoms with E-state index in [0.717, 1.165) is 16.7 Å². The van der Waals surface area contributed by atoms with Crippen molar-refractivity contribution in [1.29, 1.82) is 0 Å². The van der Waals surface area contributed by atoms with E-state index in [4.69, 9.17) is 11.6 Å². The van der Waals surface area contributed by atoms with Crippen LogP contribution in [0.5, 0.6) is 5.75 Å². The first kappa shape index (κ1) is 17.0. The minimum absolute atomic E-state index is 0.162. The lowest BCUT2D eigenvalue weighted by molar-refractivity contribution is 0.102. The number of nitrogens with one attached hydrogen (secondary N) is 2. The lowest BCUT2D eigenvalue weighted by Crippen LogP contribution is -2.13. The number of carbonyl (C=O) groups is 1. The molecule has 25 heavy (non-hydrogen) atoms. The van der Waals surface area contributed by atoms with Gasteiger partial charge in [0.15, 0.2) is 0 Å². The Morgan fingerprint density at radius 2 is 1.96 bits per heavy atom. The van der Waals surface area contributed by atoms with Crippen molar-refractivity contribution in [3.63, 3.8) is 0 Å². The summed E-state index contributed by atoms with van der Waals surface area (Å²) in [4.78, 5) is 12.5. The number of halogens is 1. The molecule has 3 rings (SSSR count). The van der Waals surface area contributed by atoms with Gasteiger partial charge < -0.3 is 10.4 Å². The zero-order valence-corrected chi connectivity index (χ0v) is 14.9. The Balaban J connectivity index is 1.89. The van der Waals surface area contributed by atoms with Crippen LogP contribution in [-0.4, -0.2) is 21.2 Å². The van der Waals surface area contributed by atoms with Gasteiger partial charge >= 0.3 is 0 Å². The molecular formula is C19H18ClN3O2. The molecule has 0 atom stereocenters. The summed E-state index contributed by atoms with van der Waals surface area (Å²) in [7, 11) is 0. The minimum Gasteiger partial charge on any atom is -0.507 e. The van der Waals surface area contributed by atoms with Gasteiger partial charge in [0.1, 0.15) is 11.4 Å². The molecule has 0 aliphatic heterocycles. The number of anilines is 1. The SMILES string of the molecule is Cc1cc(C)c(O)c(-c2cc(C(=O)Nc3cccc(Cl)c3C)[nH]n2)c1. The van der Waals surface area contributed by atoms with Crippen molar-refractivity contribution in [2.45, 2.75) is 20.8 Å². The van der Waals surface area contributed by atoms with Crippen LogP contribution in [0, 0.1) is 20.8 Å². The van der Waals surface area contributed by atoms with Crippen molar-refractivity contribution in [3.05, 3.63) is 63.8 Å². The molecule has 0 saturated heterocycles. The van der Waals surface area contributed by atoms with Gasteiger partial charge in [0.2, 0.25) is 0 Å². The molecule has 0 aliphatic carbocycles. The van der Waals surface area contributed by atoms with E-state index in [1.165, 1.54) is 0 Å². The maximum Gasteiger partial charge on any atom is 0.273 e. The highest BCUT2D eigenvalue weighted by atomic mass is 35.5. The van der Waals surface area contributed by atoms with E-state index in [2.05, 4.69) is 15.5 Å². The highest BCUT2D eigenvalue weighted by Gasteiger charge is 2.16. The van der Waals surface area contributed by atoms with Gasteiger partial charge in [-0.1, -0.05) is 23.7 Å². The second-order valence-electron chi connectivity index (χ2n) is 6.01. The predicted octanol–water partition coefficient (Wildman–Crippen LogP) is 4.61. The van der Waals surface area contributed by atoms with Crippen LogP contribution in [0.4, 0.5) is 5.69 Å². The van der Waals surface area contributed by atoms with Crippen LogP contribution in [0.3, 0.4) is 0 Å². The molecule has 128 valence electrons. The lowest BCUT2D eigenvalue weighted by Gasteiger charge is -2.08. The fourth-order valence-electron chi connectivity index (χ4n) is 2.66. The first-order valence-electron chi connectivity index (χ1n) is 7.79. The normalized spacial score (nSPS) is 10.7. The van der Waals surface area contributed by atoms with Crippen LogP contribution in [-0.2, 0) is 0 Å². The van der Waals surface area contributed by atoms with Crippen LogP contribution in [0.1, 0.15) is 27.2 Å². The molecular weight excluding hydrogens is 338 g/mol. The first-order chi connectivity index (χ1) is 11.9. The molecule has 0 saturated carbocycles. The number of nitrogens with zero attached hydrogens (tertiary/aromatic N) is 1. The molecule has 0 fully saturated rings. The van der Waals surface area contributed by atoms with Crippen molar-refractivity contribution in [1.82, 2.24) is 10.2 Å². The van der Waals surface area contributed by atoms with Gasteiger partial charge in [-0.15, -0.1) is 0 Å². The summed E-state index contributed by atoms with van der Waals surface area (Å²) in [6.07, 6.45) is 0. The molecule has 1 heterocycles. The molecule has 5 nitrogen and oxygen atoms in total. The molecule has 0 aliphatic rings. The van der Waals surface area contributed by atoms with E-state index < -0.39 is 0 Å². The zero-order valence-electron chi connectivity index (χ0n) is 14.1. The number of benzene rings is 2. The quantitative estimate of drug-likeness (QED) is 0.641. The summed E-state index contributed by atoms with van der Waals surface area (Å²) >= 11 is 6.08. The molecule has 2 aromatic carbocycles. The fourth-order valence-corrected chi connectivity index (χ4v) is 2.84. The summed E-state index contributed by atoms with van der Waals surface area (Å²) in [6, 6.07) is 10.7. The molecule has 0 spiro atoms. The van der Waals surface area contributed by atoms with Gasteiger partial charge in [-0.2, -0.15) is 5.10 Å². The highest BCUT2D eigenvalue weighted by Crippen LogP contribution is 2.32. The number of aromatic nitrogens is 2. The zero-order chi connectivity index (χ0) is 18.1. The Bertz CT molecular complexity index is 963. The van der Waals surface area contributed by atoms with Crippen molar-refractivity contribution in [2.24, 2.45) is 0 Å². The van der Waals surface area contributed by atoms with E-state index in [1.54, 1.807) is 24.3 Å². The van der Waals surface area contributed by atoms with Crippen LogP contribution < -0.4 is 5.32 Å². The van der Waals surface area contributed by atoms with E-state index in [0.29, 0.717) is 27.7 Å². The molecule has 6 heteroatoms. The average Bonchev–Trinajstić information content (AvgIpc) is 3.05. The van der Waals surface area contributed by atoms with E-state index >= 15 is 0 Å². The molecule has 3 aromatic rings. The Hall–Kier alpha value is -2.79. The number of H-pyrrole nitrogens is 1. The van der Waals surface area contributed by atoms with Gasteiger partial charge in [0.05, 0.1) is 5.69 Å². The Morgan fingerprint density at radius 1 is 1.20 bits per heavy atom. The second kappa shape index (κ2) is 6.61. The maximum absolute atomic E-state index is 12.5. The maximum atomic E-state index is 12.5. The van der Waals surface area contributed by atoms with Gasteiger partial charge in [-0.05, 0) is 61.7 Å². The third kappa shape index (κ3) is 3.37. The number of hydrogen-bond acceptors (Lipinski definition) is 3. The number of phenolic OH excluding ortho intramolecular Hbond substituents is 1. The Labute approximate surface area is 150 Å². The van der Waals surface area contributed by atoms with Crippen LogP contribution in [0.25, 0.3) is 11.3 Å². The van der Waals surface area contributed by atoms with E-state index in [-0.39, 0.29) is 11.7 Å². The highest BCUT2D eigenvalue weighted by molar-refractivity contribution is 6.31. The number of aryl methyl sites for hydroxylation is 2. The smallest absolute Gasteiger partial charge is 0.273 e. The largest absolute Gasteiger partial charge is 0.507 e. The van der Waals surface area contributed by atoms with Crippen molar-refractivity contribution >= 4 is 23.2 Å². The molecule has 1 aromatic heterocycles. The lowest BCUT2D eigenvalue weighted by atomic mass is 10.0. The van der Waals surface area contributed by atoms with Gasteiger partial charge in [0, 0.05) is 16.3 Å². The number of rotatable bonds is 3. The minimum atomic E-state index is -0.326. The van der Waals surface area contributed by atoms with Crippen molar-refractivity contribution in [3.8, 4) is 17.0 Å². The van der Waals surface area contributed by atoms with Gasteiger partial charge in [-0.25, -0.2) is 0 Å². The summed E-state index contributed by atoms with van der Waals surface area (Å²) < 4.78 is 0. The van der Waals surface area contributed by atoms with Crippen LogP contribution >= 0.6 is 11.6 Å². The summed E-state index contributed by atoms with van der Waals surface area (Å²) in [5.41, 5.74) is 4.61. The van der Waals surface area contributed by atoms with E-state index in [9.17, 15) is 9.90 Å². The number of hydrogen-bond donors (Lipinski definition) is 3. The summed E-state index contributed by atoms with van der Waals surface area (Å²) in [6.45, 7) is 5.61. The number of amides is 1. The summed E-state index contributed by atoms with van der Waals surface area (Å²) in [5, 5.41) is 20.5. The Morgan fingerprint density at radius 3 is 2.72 bits per heavy atom. The third-order valence-corrected chi connectivity index (χ3v) is 4.47. The molecule has 1 amide bonds. The number of carbonyl (C=O) groups excluding carboxylic acids is 1. The van der Waals surface area contributed by atoms with E-state index in [1.807, 2.05) is 32.9 Å². The number of aromatic hydroxyl groups is 1. The average molecular weight is 356 g/mol. The standard InChI is InChI=1S/C19H18ClN3O2/c1-10-7-11(2)18(24)13(8-10)16-9-17(23-22-16)19(25)21-15-6-4-5-14(20)12(15)3/h4-9,24H,1-3H3,(H,21,25)(H,22,23). The predicted molar refractivity (Wildman–Crippen MR) is 99.3 cm³/mol. The molecule has 0 radical (unpaired) electrons. The van der Waals surface area contributed by atoms with Gasteiger partial charge in [0.25, 0.3) is 5.91 Å². The van der Waals surface area contributed by atoms with Crippen LogP contribution in [0.2, 0.25) is 5.02 Å². The van der Waals surface area contributed by atoms with Crippen LogP contribution in [0.15, 0.2) is 36.4 Å². The second-order valence-corrected chi connectivity index (χ2v) is 6.42. The monoisotopic (exact) mass is 355 g/mol. The first-order valence-corrected chi connectivity index (χ1v) is 8.17. The summed E-state index contributed by atoms with van der Waals surface area (Å²) in [5.74, 6) is -0.164. The molecule has 0 unspecified atom stereocenters. The molecule has 3 N–H and O–H groups in total. The number of aromatic amines is 1. The van der Waals surface area contributed by atoms with Gasteiger partial charge in [-0.3, -0.25) is 9.89 Å². The Kier molecular flexibility index (Phi) is 4.51. The number of phenols is 1. The third-order valence-electron chi connectivity index (χ3n) is 4.06. The topological polar surface area (TPSA) is 78.0 Å². The fraction of sp³-hybridized carbons (Fsp3) is 0.158. The molecule has 0 bridgehead atoms. The van der Waals surface area contributed by atoms with Crippen molar-refractivity contribution < 1.29 is 9.90 Å².